The Bertz CT molecular complexity index is 673. The molecule has 1 aromatic carbocycles. The van der Waals surface area contributed by atoms with Gasteiger partial charge in [-0.1, -0.05) is 0 Å². The molecule has 1 aliphatic carbocycles. The van der Waals surface area contributed by atoms with E-state index in [0.29, 0.717) is 12.3 Å². The maximum atomic E-state index is 12.9. The fourth-order valence-electron chi connectivity index (χ4n) is 4.94. The zero-order valence-corrected chi connectivity index (χ0v) is 12.6. The van der Waals surface area contributed by atoms with Gasteiger partial charge in [-0.3, -0.25) is 9.69 Å². The molecule has 3 aliphatic heterocycles. The summed E-state index contributed by atoms with van der Waals surface area (Å²) < 4.78 is 16.6. The summed E-state index contributed by atoms with van der Waals surface area (Å²) in [4.78, 5) is 15.2. The van der Waals surface area contributed by atoms with E-state index >= 15 is 0 Å². The minimum absolute atomic E-state index is 0.266. The van der Waals surface area contributed by atoms with Gasteiger partial charge in [0, 0.05) is 19.7 Å². The number of nitrogens with zero attached hydrogens (tertiary/aromatic N) is 1. The molecule has 1 saturated carbocycles. The molecule has 0 N–H and O–H groups in total. The van der Waals surface area contributed by atoms with E-state index in [1.54, 1.807) is 7.11 Å². The molecule has 4 atom stereocenters. The zero-order chi connectivity index (χ0) is 14.9. The Hall–Kier alpha value is -1.59. The highest BCUT2D eigenvalue weighted by Crippen LogP contribution is 2.54. The minimum atomic E-state index is -0.358. The number of Topliss-reactive ketones (excluding diaryl/α,β-unsaturated/α-hetero) is 1. The highest BCUT2D eigenvalue weighted by molar-refractivity contribution is 5.96. The summed E-state index contributed by atoms with van der Waals surface area (Å²) in [5.74, 6) is 1.96. The second-order valence-corrected chi connectivity index (χ2v) is 6.81. The number of hydrogen-bond acceptors (Lipinski definition) is 5. The predicted octanol–water partition coefficient (Wildman–Crippen LogP) is 1.62. The first-order valence-corrected chi connectivity index (χ1v) is 7.95. The molecule has 22 heavy (non-hydrogen) atoms. The molecule has 1 saturated heterocycles. The number of carbonyl (C=O) groups is 1. The molecule has 5 heteroatoms. The number of carbonyl (C=O) groups excluding carboxylic acids is 1. The average molecular weight is 301 g/mol. The third-order valence-electron chi connectivity index (χ3n) is 5.99. The van der Waals surface area contributed by atoms with Crippen LogP contribution in [0.5, 0.6) is 11.5 Å². The van der Waals surface area contributed by atoms with E-state index in [0.717, 1.165) is 37.3 Å². The van der Waals surface area contributed by atoms with E-state index < -0.39 is 0 Å². The van der Waals surface area contributed by atoms with Crippen molar-refractivity contribution in [2.45, 2.75) is 43.4 Å². The van der Waals surface area contributed by atoms with E-state index in [4.69, 9.17) is 14.2 Å². The first-order chi connectivity index (χ1) is 10.7. The molecule has 0 radical (unpaired) electrons. The standard InChI is InChI=1S/C17H19NO4/c1-20-11-2-3-17-12-6-14-13(21-9-22-14)4-10(12)7-18(8-16(17)19)15(17)5-11/h4,6,11,15H,2-3,5,7-9H2,1H3. The summed E-state index contributed by atoms with van der Waals surface area (Å²) in [6.45, 7) is 1.65. The van der Waals surface area contributed by atoms with Crippen molar-refractivity contribution in [3.05, 3.63) is 23.3 Å². The molecule has 0 aromatic heterocycles. The van der Waals surface area contributed by atoms with Crippen LogP contribution in [0.1, 0.15) is 30.4 Å². The lowest BCUT2D eigenvalue weighted by atomic mass is 9.62. The second kappa shape index (κ2) is 4.24. The van der Waals surface area contributed by atoms with Crippen LogP contribution < -0.4 is 9.47 Å². The van der Waals surface area contributed by atoms with Crippen LogP contribution in [0, 0.1) is 0 Å². The Balaban J connectivity index is 1.68. The maximum absolute atomic E-state index is 12.9. The largest absolute Gasteiger partial charge is 0.454 e. The lowest BCUT2D eigenvalue weighted by Crippen LogP contribution is -2.53. The van der Waals surface area contributed by atoms with E-state index in [1.165, 1.54) is 11.1 Å². The van der Waals surface area contributed by atoms with Crippen molar-refractivity contribution in [2.75, 3.05) is 20.4 Å². The monoisotopic (exact) mass is 301 g/mol. The Kier molecular flexibility index (Phi) is 2.48. The fraction of sp³-hybridized carbons (Fsp3) is 0.588. The van der Waals surface area contributed by atoms with E-state index in [9.17, 15) is 4.79 Å². The topological polar surface area (TPSA) is 48.0 Å². The second-order valence-electron chi connectivity index (χ2n) is 6.81. The van der Waals surface area contributed by atoms with Gasteiger partial charge in [-0.15, -0.1) is 0 Å². The van der Waals surface area contributed by atoms with Gasteiger partial charge in [0.05, 0.1) is 18.1 Å². The van der Waals surface area contributed by atoms with Gasteiger partial charge in [0.2, 0.25) is 6.79 Å². The third kappa shape index (κ3) is 1.43. The predicted molar refractivity (Wildman–Crippen MR) is 78.1 cm³/mol. The van der Waals surface area contributed by atoms with Crippen LogP contribution in [-0.2, 0) is 21.5 Å². The molecule has 4 unspecified atom stereocenters. The van der Waals surface area contributed by atoms with E-state index in [2.05, 4.69) is 17.0 Å². The first-order valence-electron chi connectivity index (χ1n) is 7.95. The summed E-state index contributed by atoms with van der Waals surface area (Å²) in [6, 6.07) is 4.41. The van der Waals surface area contributed by atoms with Gasteiger partial charge in [-0.2, -0.15) is 0 Å². The highest BCUT2D eigenvalue weighted by Gasteiger charge is 2.60. The Morgan fingerprint density at radius 1 is 1.27 bits per heavy atom. The number of ether oxygens (including phenoxy) is 3. The van der Waals surface area contributed by atoms with Crippen molar-refractivity contribution < 1.29 is 19.0 Å². The van der Waals surface area contributed by atoms with Crippen molar-refractivity contribution in [3.8, 4) is 11.5 Å². The van der Waals surface area contributed by atoms with Crippen LogP contribution in [0.2, 0.25) is 0 Å². The van der Waals surface area contributed by atoms with Crippen LogP contribution in [0.3, 0.4) is 0 Å². The molecule has 0 amide bonds. The van der Waals surface area contributed by atoms with Crippen molar-refractivity contribution >= 4 is 5.78 Å². The number of fused-ring (bicyclic) bond motifs is 2. The maximum Gasteiger partial charge on any atom is 0.231 e. The average Bonchev–Trinajstić information content (AvgIpc) is 3.06. The van der Waals surface area contributed by atoms with Crippen molar-refractivity contribution in [1.82, 2.24) is 4.90 Å². The van der Waals surface area contributed by atoms with Crippen LogP contribution in [0.15, 0.2) is 12.1 Å². The lowest BCUT2D eigenvalue weighted by molar-refractivity contribution is -0.123. The van der Waals surface area contributed by atoms with Gasteiger partial charge in [0.25, 0.3) is 0 Å². The molecular formula is C17H19NO4. The molecule has 3 heterocycles. The number of rotatable bonds is 1. The first kappa shape index (κ1) is 12.9. The van der Waals surface area contributed by atoms with Gasteiger partial charge in [-0.05, 0) is 42.5 Å². The minimum Gasteiger partial charge on any atom is -0.454 e. The number of benzene rings is 1. The molecule has 0 spiro atoms. The van der Waals surface area contributed by atoms with Gasteiger partial charge in [0.1, 0.15) is 0 Å². The molecular weight excluding hydrogens is 282 g/mol. The summed E-state index contributed by atoms with van der Waals surface area (Å²) in [5.41, 5.74) is 2.04. The summed E-state index contributed by atoms with van der Waals surface area (Å²) >= 11 is 0. The number of hydrogen-bond donors (Lipinski definition) is 0. The van der Waals surface area contributed by atoms with Gasteiger partial charge < -0.3 is 14.2 Å². The summed E-state index contributed by atoms with van der Waals surface area (Å²) in [5, 5.41) is 0. The Morgan fingerprint density at radius 2 is 2.09 bits per heavy atom. The molecule has 2 fully saturated rings. The van der Waals surface area contributed by atoms with Gasteiger partial charge in [-0.25, -0.2) is 0 Å². The van der Waals surface area contributed by atoms with Crippen molar-refractivity contribution in [3.63, 3.8) is 0 Å². The summed E-state index contributed by atoms with van der Waals surface area (Å²) in [7, 11) is 1.77. The fourth-order valence-corrected chi connectivity index (χ4v) is 4.94. The van der Waals surface area contributed by atoms with Crippen LogP contribution in [0.4, 0.5) is 0 Å². The summed E-state index contributed by atoms with van der Waals surface area (Å²) in [6.07, 6.45) is 3.02. The van der Waals surface area contributed by atoms with E-state index in [-0.39, 0.29) is 24.4 Å². The molecule has 2 bridgehead atoms. The smallest absolute Gasteiger partial charge is 0.231 e. The Morgan fingerprint density at radius 3 is 2.91 bits per heavy atom. The number of ketones is 1. The molecule has 1 aromatic rings. The number of methoxy groups -OCH3 is 1. The van der Waals surface area contributed by atoms with Crippen molar-refractivity contribution in [1.29, 1.82) is 0 Å². The Labute approximate surface area is 129 Å². The van der Waals surface area contributed by atoms with Crippen LogP contribution in [-0.4, -0.2) is 43.3 Å². The SMILES string of the molecule is COC1CCC23C(=O)CN(Cc4cc5c(cc42)OCO5)C3C1. The zero-order valence-electron chi connectivity index (χ0n) is 12.6. The van der Waals surface area contributed by atoms with Crippen LogP contribution >= 0.6 is 0 Å². The molecule has 5 nitrogen and oxygen atoms in total. The molecule has 5 rings (SSSR count). The lowest BCUT2D eigenvalue weighted by Gasteiger charge is -2.47. The van der Waals surface area contributed by atoms with Crippen molar-refractivity contribution in [2.24, 2.45) is 0 Å². The molecule has 4 aliphatic rings. The normalized spacial score (nSPS) is 37.9. The quantitative estimate of drug-likeness (QED) is 0.789. The van der Waals surface area contributed by atoms with Gasteiger partial charge in [0.15, 0.2) is 17.3 Å². The molecule has 116 valence electrons. The highest BCUT2D eigenvalue weighted by atomic mass is 16.7. The van der Waals surface area contributed by atoms with Crippen LogP contribution in [0.25, 0.3) is 0 Å². The van der Waals surface area contributed by atoms with Gasteiger partial charge >= 0.3 is 0 Å². The third-order valence-corrected chi connectivity index (χ3v) is 5.99. The van der Waals surface area contributed by atoms with E-state index in [1.807, 2.05) is 0 Å².